The molecule has 1 atom stereocenters. The van der Waals surface area contributed by atoms with Gasteiger partial charge >= 0.3 is 0 Å². The van der Waals surface area contributed by atoms with Crippen molar-refractivity contribution in [1.29, 1.82) is 0 Å². The summed E-state index contributed by atoms with van der Waals surface area (Å²) in [6.45, 7) is 9.90. The smallest absolute Gasteiger partial charge is 0.0195 e. The molecule has 0 aliphatic carbocycles. The van der Waals surface area contributed by atoms with Gasteiger partial charge in [0.25, 0.3) is 0 Å². The topological polar surface area (TPSA) is 18.5 Å². The molecule has 0 spiro atoms. The SMILES string of the molecule is CCN1CCC(CNC2CCCN(C)C2)CC1. The molecule has 0 aromatic carbocycles. The van der Waals surface area contributed by atoms with E-state index >= 15 is 0 Å². The largest absolute Gasteiger partial charge is 0.312 e. The fourth-order valence-corrected chi connectivity index (χ4v) is 3.17. The Labute approximate surface area is 107 Å². The van der Waals surface area contributed by atoms with Crippen LogP contribution in [0.25, 0.3) is 0 Å². The summed E-state index contributed by atoms with van der Waals surface area (Å²) < 4.78 is 0. The third-order valence-electron chi connectivity index (χ3n) is 4.47. The van der Waals surface area contributed by atoms with Crippen molar-refractivity contribution < 1.29 is 0 Å². The molecule has 100 valence electrons. The van der Waals surface area contributed by atoms with Crippen LogP contribution in [0.4, 0.5) is 0 Å². The Morgan fingerprint density at radius 3 is 2.53 bits per heavy atom. The summed E-state index contributed by atoms with van der Waals surface area (Å²) in [5.74, 6) is 0.921. The van der Waals surface area contributed by atoms with E-state index in [0.717, 1.165) is 12.0 Å². The summed E-state index contributed by atoms with van der Waals surface area (Å²) in [6.07, 6.45) is 5.52. The molecule has 2 rings (SSSR count). The number of piperidine rings is 2. The molecule has 0 aromatic heterocycles. The predicted molar refractivity (Wildman–Crippen MR) is 73.4 cm³/mol. The molecule has 0 aromatic rings. The van der Waals surface area contributed by atoms with Crippen LogP contribution in [0.2, 0.25) is 0 Å². The highest BCUT2D eigenvalue weighted by atomic mass is 15.1. The molecule has 2 heterocycles. The average molecular weight is 239 g/mol. The molecule has 0 saturated carbocycles. The van der Waals surface area contributed by atoms with Crippen LogP contribution in [-0.4, -0.2) is 62.2 Å². The molecule has 1 unspecified atom stereocenters. The number of nitrogens with one attached hydrogen (secondary N) is 1. The van der Waals surface area contributed by atoms with Crippen molar-refractivity contribution in [3.05, 3.63) is 0 Å². The van der Waals surface area contributed by atoms with E-state index in [-0.39, 0.29) is 0 Å². The molecule has 2 aliphatic rings. The van der Waals surface area contributed by atoms with Gasteiger partial charge in [-0.3, -0.25) is 0 Å². The Bertz CT molecular complexity index is 212. The van der Waals surface area contributed by atoms with Gasteiger partial charge in [-0.05, 0) is 71.4 Å². The lowest BCUT2D eigenvalue weighted by molar-refractivity contribution is 0.176. The highest BCUT2D eigenvalue weighted by molar-refractivity contribution is 4.79. The van der Waals surface area contributed by atoms with Crippen LogP contribution in [0, 0.1) is 5.92 Å². The fourth-order valence-electron chi connectivity index (χ4n) is 3.17. The third-order valence-corrected chi connectivity index (χ3v) is 4.47. The molecular weight excluding hydrogens is 210 g/mol. The number of rotatable bonds is 4. The molecule has 2 saturated heterocycles. The maximum atomic E-state index is 3.79. The predicted octanol–water partition coefficient (Wildman–Crippen LogP) is 1.40. The van der Waals surface area contributed by atoms with Gasteiger partial charge in [0.15, 0.2) is 0 Å². The molecule has 1 N–H and O–H groups in total. The molecule has 3 nitrogen and oxygen atoms in total. The second-order valence-corrected chi connectivity index (χ2v) is 5.89. The number of likely N-dealkylation sites (tertiary alicyclic amines) is 2. The first-order valence-electron chi connectivity index (χ1n) is 7.42. The molecule has 2 fully saturated rings. The van der Waals surface area contributed by atoms with E-state index in [0.29, 0.717) is 0 Å². The van der Waals surface area contributed by atoms with Crippen molar-refractivity contribution in [3.63, 3.8) is 0 Å². The van der Waals surface area contributed by atoms with Gasteiger partial charge in [-0.2, -0.15) is 0 Å². The van der Waals surface area contributed by atoms with Gasteiger partial charge in [0.2, 0.25) is 0 Å². The van der Waals surface area contributed by atoms with E-state index in [2.05, 4.69) is 29.1 Å². The van der Waals surface area contributed by atoms with Crippen molar-refractivity contribution in [3.8, 4) is 0 Å². The molecule has 0 amide bonds. The molecule has 2 aliphatic heterocycles. The Kier molecular flexibility index (Phi) is 5.26. The lowest BCUT2D eigenvalue weighted by atomic mass is 9.96. The normalized spacial score (nSPS) is 29.6. The molecule has 0 radical (unpaired) electrons. The van der Waals surface area contributed by atoms with E-state index in [4.69, 9.17) is 0 Å². The lowest BCUT2D eigenvalue weighted by Gasteiger charge is -2.34. The number of hydrogen-bond donors (Lipinski definition) is 1. The van der Waals surface area contributed by atoms with Crippen LogP contribution in [0.15, 0.2) is 0 Å². The van der Waals surface area contributed by atoms with Gasteiger partial charge in [0.05, 0.1) is 0 Å². The maximum Gasteiger partial charge on any atom is 0.0195 e. The van der Waals surface area contributed by atoms with Gasteiger partial charge in [-0.15, -0.1) is 0 Å². The molecule has 17 heavy (non-hydrogen) atoms. The Balaban J connectivity index is 1.62. The summed E-state index contributed by atoms with van der Waals surface area (Å²) in [4.78, 5) is 5.03. The quantitative estimate of drug-likeness (QED) is 0.800. The average Bonchev–Trinajstić information content (AvgIpc) is 2.37. The van der Waals surface area contributed by atoms with E-state index in [9.17, 15) is 0 Å². The first kappa shape index (κ1) is 13.3. The Morgan fingerprint density at radius 2 is 1.88 bits per heavy atom. The fraction of sp³-hybridized carbons (Fsp3) is 1.00. The maximum absolute atomic E-state index is 3.79. The molecule has 0 bridgehead atoms. The van der Waals surface area contributed by atoms with Crippen molar-refractivity contribution in [2.45, 2.75) is 38.6 Å². The minimum atomic E-state index is 0.748. The van der Waals surface area contributed by atoms with Crippen molar-refractivity contribution in [2.75, 3.05) is 46.3 Å². The minimum absolute atomic E-state index is 0.748. The summed E-state index contributed by atoms with van der Waals surface area (Å²) >= 11 is 0. The van der Waals surface area contributed by atoms with E-state index in [1.54, 1.807) is 0 Å². The monoisotopic (exact) mass is 239 g/mol. The second kappa shape index (κ2) is 6.72. The van der Waals surface area contributed by atoms with Gasteiger partial charge < -0.3 is 15.1 Å². The lowest BCUT2D eigenvalue weighted by Crippen LogP contribution is -2.46. The van der Waals surface area contributed by atoms with E-state index in [1.807, 2.05) is 0 Å². The third kappa shape index (κ3) is 4.23. The van der Waals surface area contributed by atoms with Crippen molar-refractivity contribution >= 4 is 0 Å². The first-order chi connectivity index (χ1) is 8.28. The Hall–Kier alpha value is -0.120. The molecule has 3 heteroatoms. The highest BCUT2D eigenvalue weighted by Crippen LogP contribution is 2.17. The Morgan fingerprint density at radius 1 is 1.12 bits per heavy atom. The van der Waals surface area contributed by atoms with Crippen molar-refractivity contribution in [1.82, 2.24) is 15.1 Å². The summed E-state index contributed by atoms with van der Waals surface area (Å²) in [6, 6.07) is 0.748. The van der Waals surface area contributed by atoms with Gasteiger partial charge in [0.1, 0.15) is 0 Å². The van der Waals surface area contributed by atoms with Crippen molar-refractivity contribution in [2.24, 2.45) is 5.92 Å². The summed E-state index contributed by atoms with van der Waals surface area (Å²) in [7, 11) is 2.24. The zero-order chi connectivity index (χ0) is 12.1. The second-order valence-electron chi connectivity index (χ2n) is 5.89. The van der Waals surface area contributed by atoms with E-state index < -0.39 is 0 Å². The number of hydrogen-bond acceptors (Lipinski definition) is 3. The molecular formula is C14H29N3. The van der Waals surface area contributed by atoms with Crippen LogP contribution in [0.3, 0.4) is 0 Å². The van der Waals surface area contributed by atoms with Gasteiger partial charge in [0, 0.05) is 12.6 Å². The first-order valence-corrected chi connectivity index (χ1v) is 7.42. The van der Waals surface area contributed by atoms with Crippen LogP contribution >= 0.6 is 0 Å². The zero-order valence-electron chi connectivity index (χ0n) is 11.6. The zero-order valence-corrected chi connectivity index (χ0v) is 11.6. The van der Waals surface area contributed by atoms with Crippen LogP contribution < -0.4 is 5.32 Å². The number of nitrogens with zero attached hydrogens (tertiary/aromatic N) is 2. The minimum Gasteiger partial charge on any atom is -0.312 e. The van der Waals surface area contributed by atoms with Gasteiger partial charge in [-0.1, -0.05) is 6.92 Å². The summed E-state index contributed by atoms with van der Waals surface area (Å²) in [5, 5.41) is 3.79. The van der Waals surface area contributed by atoms with E-state index in [1.165, 1.54) is 65.0 Å². The number of likely N-dealkylation sites (N-methyl/N-ethyl adjacent to an activating group) is 1. The standard InChI is InChI=1S/C14H29N3/c1-3-17-9-6-13(7-10-17)11-15-14-5-4-8-16(2)12-14/h13-15H,3-12H2,1-2H3. The van der Waals surface area contributed by atoms with Gasteiger partial charge in [-0.25, -0.2) is 0 Å². The highest BCUT2D eigenvalue weighted by Gasteiger charge is 2.21. The van der Waals surface area contributed by atoms with Crippen LogP contribution in [0.5, 0.6) is 0 Å². The van der Waals surface area contributed by atoms with Crippen LogP contribution in [-0.2, 0) is 0 Å². The summed E-state index contributed by atoms with van der Waals surface area (Å²) in [5.41, 5.74) is 0. The van der Waals surface area contributed by atoms with Crippen LogP contribution in [0.1, 0.15) is 32.6 Å².